The van der Waals surface area contributed by atoms with Crippen LogP contribution in [0.2, 0.25) is 0 Å². The summed E-state index contributed by atoms with van der Waals surface area (Å²) in [6.07, 6.45) is 22.6. The van der Waals surface area contributed by atoms with Crippen molar-refractivity contribution in [1.29, 1.82) is 0 Å². The van der Waals surface area contributed by atoms with Crippen molar-refractivity contribution in [2.45, 2.75) is 122 Å². The third kappa shape index (κ3) is 16.1. The second-order valence-corrected chi connectivity index (χ2v) is 9.42. The maximum Gasteiger partial charge on any atom is 0.163 e. The lowest BCUT2D eigenvalue weighted by atomic mass is 9.99. The first-order valence-electron chi connectivity index (χ1n) is 12.8. The van der Waals surface area contributed by atoms with Crippen molar-refractivity contribution in [3.8, 4) is 5.75 Å². The van der Waals surface area contributed by atoms with Crippen LogP contribution in [-0.4, -0.2) is 18.3 Å². The number of rotatable bonds is 20. The van der Waals surface area contributed by atoms with Crippen LogP contribution in [0, 0.1) is 0 Å². The van der Waals surface area contributed by atoms with Gasteiger partial charge in [-0.05, 0) is 55.6 Å². The molecular weight excluding hydrogens is 400 g/mol. The van der Waals surface area contributed by atoms with Crippen LogP contribution in [0.1, 0.15) is 115 Å². The number of thiocarbonyl (C=S) groups is 1. The van der Waals surface area contributed by atoms with Gasteiger partial charge in [0.25, 0.3) is 0 Å². The van der Waals surface area contributed by atoms with Crippen LogP contribution >= 0.6 is 12.2 Å². The first-order valence-corrected chi connectivity index (χ1v) is 13.3. The molecule has 0 radical (unpaired) electrons. The lowest BCUT2D eigenvalue weighted by Gasteiger charge is -2.19. The molecule has 0 aliphatic carbocycles. The van der Waals surface area contributed by atoms with E-state index in [0.29, 0.717) is 11.2 Å². The Morgan fingerprint density at radius 3 is 1.97 bits per heavy atom. The lowest BCUT2D eigenvalue weighted by Crippen LogP contribution is -2.38. The number of hydrogen-bond acceptors (Lipinski definition) is 2. The van der Waals surface area contributed by atoms with E-state index < -0.39 is 0 Å². The molecule has 178 valence electrons. The zero-order chi connectivity index (χ0) is 22.6. The van der Waals surface area contributed by atoms with E-state index in [4.69, 9.17) is 22.7 Å². The van der Waals surface area contributed by atoms with Gasteiger partial charge in [-0.1, -0.05) is 103 Å². The van der Waals surface area contributed by atoms with Crippen LogP contribution in [0.4, 0.5) is 0 Å². The molecule has 0 fully saturated rings. The van der Waals surface area contributed by atoms with Gasteiger partial charge in [-0.3, -0.25) is 0 Å². The highest BCUT2D eigenvalue weighted by molar-refractivity contribution is 7.80. The fraction of sp³-hybridized carbons (Fsp3) is 0.741. The summed E-state index contributed by atoms with van der Waals surface area (Å²) in [4.78, 5) is 0. The van der Waals surface area contributed by atoms with Gasteiger partial charge in [-0.2, -0.15) is 0 Å². The summed E-state index contributed by atoms with van der Waals surface area (Å²) in [5.74, 6) is 0.933. The Morgan fingerprint density at radius 1 is 0.871 bits per heavy atom. The molecule has 0 saturated heterocycles. The van der Waals surface area contributed by atoms with E-state index in [0.717, 1.165) is 31.4 Å². The van der Waals surface area contributed by atoms with Crippen LogP contribution < -0.4 is 15.8 Å². The summed E-state index contributed by atoms with van der Waals surface area (Å²) < 4.78 is 5.32. The Balaban J connectivity index is 2.06. The number of hydrogen-bond donors (Lipinski definition) is 2. The second-order valence-electron chi connectivity index (χ2n) is 8.98. The first kappa shape index (κ1) is 27.7. The number of benzene rings is 1. The average molecular weight is 449 g/mol. The molecule has 3 N–H and O–H groups in total. The topological polar surface area (TPSA) is 47.3 Å². The smallest absolute Gasteiger partial charge is 0.163 e. The van der Waals surface area contributed by atoms with Gasteiger partial charge in [0, 0.05) is 6.04 Å². The largest absolute Gasteiger partial charge is 0.497 e. The molecule has 4 heteroatoms. The van der Waals surface area contributed by atoms with Crippen molar-refractivity contribution in [3.05, 3.63) is 29.8 Å². The van der Waals surface area contributed by atoms with Gasteiger partial charge in [0.2, 0.25) is 0 Å². The minimum Gasteiger partial charge on any atom is -0.497 e. The highest BCUT2D eigenvalue weighted by Gasteiger charge is 2.09. The zero-order valence-electron chi connectivity index (χ0n) is 20.3. The zero-order valence-corrected chi connectivity index (χ0v) is 21.1. The standard InChI is InChI=1S/C27H48N2OS/c1-3-4-5-6-7-8-9-10-11-12-13-14-15-20-25(29-27(28)31)21-16-18-24-19-17-22-26(23-24)30-2/h17,19,22-23,25H,3-16,18,20-21H2,1-2H3,(H3,28,29,31). The van der Waals surface area contributed by atoms with Crippen LogP contribution in [0.3, 0.4) is 0 Å². The molecule has 0 aliphatic heterocycles. The molecule has 1 rings (SSSR count). The Labute approximate surface area is 197 Å². The van der Waals surface area contributed by atoms with Gasteiger partial charge in [0.1, 0.15) is 5.75 Å². The Kier molecular flexibility index (Phi) is 17.4. The van der Waals surface area contributed by atoms with Gasteiger partial charge < -0.3 is 15.8 Å². The fourth-order valence-electron chi connectivity index (χ4n) is 4.28. The minimum absolute atomic E-state index is 0.399. The molecule has 1 aromatic rings. The van der Waals surface area contributed by atoms with Crippen LogP contribution in [-0.2, 0) is 6.42 Å². The molecule has 1 atom stereocenters. The molecule has 1 aromatic carbocycles. The number of unbranched alkanes of at least 4 members (excludes halogenated alkanes) is 12. The molecule has 1 unspecified atom stereocenters. The average Bonchev–Trinajstić information content (AvgIpc) is 2.76. The summed E-state index contributed by atoms with van der Waals surface area (Å²) in [6, 6.07) is 8.76. The monoisotopic (exact) mass is 448 g/mol. The minimum atomic E-state index is 0.399. The van der Waals surface area contributed by atoms with Crippen molar-refractivity contribution in [1.82, 2.24) is 5.32 Å². The predicted octanol–water partition coefficient (Wildman–Crippen LogP) is 7.70. The summed E-state index contributed by atoms with van der Waals surface area (Å²) in [7, 11) is 1.72. The molecule has 31 heavy (non-hydrogen) atoms. The maximum atomic E-state index is 5.76. The summed E-state index contributed by atoms with van der Waals surface area (Å²) in [5.41, 5.74) is 7.09. The molecule has 0 aromatic heterocycles. The molecule has 0 saturated carbocycles. The van der Waals surface area contributed by atoms with Crippen molar-refractivity contribution >= 4 is 17.3 Å². The normalized spacial score (nSPS) is 11.9. The summed E-state index contributed by atoms with van der Waals surface area (Å²) in [6.45, 7) is 2.29. The van der Waals surface area contributed by atoms with E-state index >= 15 is 0 Å². The number of methoxy groups -OCH3 is 1. The van der Waals surface area contributed by atoms with Crippen molar-refractivity contribution in [2.24, 2.45) is 5.73 Å². The van der Waals surface area contributed by atoms with Gasteiger partial charge >= 0.3 is 0 Å². The maximum absolute atomic E-state index is 5.76. The molecule has 0 aliphatic rings. The molecule has 0 heterocycles. The third-order valence-electron chi connectivity index (χ3n) is 6.15. The van der Waals surface area contributed by atoms with Crippen molar-refractivity contribution in [2.75, 3.05) is 7.11 Å². The van der Waals surface area contributed by atoms with Crippen molar-refractivity contribution < 1.29 is 4.74 Å². The van der Waals surface area contributed by atoms with E-state index in [1.807, 2.05) is 6.07 Å². The molecule has 0 bridgehead atoms. The predicted molar refractivity (Wildman–Crippen MR) is 140 cm³/mol. The highest BCUT2D eigenvalue weighted by Crippen LogP contribution is 2.17. The molecule has 0 spiro atoms. The van der Waals surface area contributed by atoms with Crippen LogP contribution in [0.15, 0.2) is 24.3 Å². The number of aryl methyl sites for hydroxylation is 1. The Hall–Kier alpha value is -1.29. The van der Waals surface area contributed by atoms with Gasteiger partial charge in [-0.25, -0.2) is 0 Å². The Bertz CT molecular complexity index is 564. The van der Waals surface area contributed by atoms with E-state index in [1.165, 1.54) is 89.0 Å². The highest BCUT2D eigenvalue weighted by atomic mass is 32.1. The van der Waals surface area contributed by atoms with Gasteiger partial charge in [0.15, 0.2) is 5.11 Å². The number of ether oxygens (including phenoxy) is 1. The second kappa shape index (κ2) is 19.4. The first-order chi connectivity index (χ1) is 15.2. The summed E-state index contributed by atoms with van der Waals surface area (Å²) in [5, 5.41) is 3.75. The van der Waals surface area contributed by atoms with E-state index in [9.17, 15) is 0 Å². The quantitative estimate of drug-likeness (QED) is 0.158. The number of nitrogens with one attached hydrogen (secondary N) is 1. The van der Waals surface area contributed by atoms with Crippen LogP contribution in [0.25, 0.3) is 0 Å². The number of nitrogens with two attached hydrogens (primary N) is 1. The Morgan fingerprint density at radius 2 is 1.42 bits per heavy atom. The van der Waals surface area contributed by atoms with Crippen molar-refractivity contribution in [3.63, 3.8) is 0 Å². The van der Waals surface area contributed by atoms with E-state index in [2.05, 4.69) is 30.4 Å². The molecule has 3 nitrogen and oxygen atoms in total. The van der Waals surface area contributed by atoms with E-state index in [-0.39, 0.29) is 0 Å². The third-order valence-corrected chi connectivity index (χ3v) is 6.27. The molecule has 0 amide bonds. The lowest BCUT2D eigenvalue weighted by molar-refractivity contribution is 0.414. The SMILES string of the molecule is CCCCCCCCCCCCCCCC(CCCc1cccc(OC)c1)NC(N)=S. The van der Waals surface area contributed by atoms with Gasteiger partial charge in [0.05, 0.1) is 7.11 Å². The fourth-order valence-corrected chi connectivity index (χ4v) is 4.45. The van der Waals surface area contributed by atoms with Gasteiger partial charge in [-0.15, -0.1) is 0 Å². The molecular formula is C27H48N2OS. The summed E-state index contributed by atoms with van der Waals surface area (Å²) >= 11 is 5.10. The van der Waals surface area contributed by atoms with Crippen LogP contribution in [0.5, 0.6) is 5.75 Å². The van der Waals surface area contributed by atoms with E-state index in [1.54, 1.807) is 7.11 Å².